The number of fused-ring (bicyclic) bond motifs is 1. The second kappa shape index (κ2) is 10.2. The van der Waals surface area contributed by atoms with Gasteiger partial charge >= 0.3 is 0 Å². The Bertz CT molecular complexity index is 1090. The summed E-state index contributed by atoms with van der Waals surface area (Å²) < 4.78 is 12.7. The van der Waals surface area contributed by atoms with E-state index >= 15 is 0 Å². The van der Waals surface area contributed by atoms with Gasteiger partial charge in [-0.3, -0.25) is 14.3 Å². The largest absolute Gasteiger partial charge is 0.486 e. The number of nitrogens with one attached hydrogen (secondary N) is 2. The third kappa shape index (κ3) is 5.49. The molecule has 1 aliphatic rings. The highest BCUT2D eigenvalue weighted by Gasteiger charge is 2.28. The molecule has 2 N–H and O–H groups in total. The van der Waals surface area contributed by atoms with Crippen molar-refractivity contribution in [3.8, 4) is 11.5 Å². The standard InChI is InChI=1S/C24H27N5O4/c1-16(2)22(28-23(30)18-8-9-20-21(12-18)33-11-10-32-20)24(31)27-19(13-29-15-25-14-26-29)17-6-4-3-5-7-17/h3-9,12,14-16,19,22H,10-11,13H2,1-2H3,(H,27,31)(H,28,30)/t19-,22-/m0/s1. The second-order valence-corrected chi connectivity index (χ2v) is 8.14. The molecule has 0 saturated carbocycles. The molecule has 0 aliphatic carbocycles. The molecular weight excluding hydrogens is 422 g/mol. The molecule has 2 amide bonds. The lowest BCUT2D eigenvalue weighted by atomic mass is 10.0. The molecule has 0 saturated heterocycles. The Labute approximate surface area is 192 Å². The summed E-state index contributed by atoms with van der Waals surface area (Å²) in [6, 6.07) is 13.6. The predicted molar refractivity (Wildman–Crippen MR) is 121 cm³/mol. The first kappa shape index (κ1) is 22.3. The summed E-state index contributed by atoms with van der Waals surface area (Å²) in [6.45, 7) is 5.11. The average molecular weight is 450 g/mol. The van der Waals surface area contributed by atoms with Crippen LogP contribution in [0.2, 0.25) is 0 Å². The van der Waals surface area contributed by atoms with E-state index in [2.05, 4.69) is 20.7 Å². The first-order valence-corrected chi connectivity index (χ1v) is 10.9. The fraction of sp³-hybridized carbons (Fsp3) is 0.333. The van der Waals surface area contributed by atoms with Gasteiger partial charge in [0.05, 0.1) is 12.6 Å². The normalized spacial score (nSPS) is 14.4. The Morgan fingerprint density at radius 2 is 1.79 bits per heavy atom. The summed E-state index contributed by atoms with van der Waals surface area (Å²) >= 11 is 0. The quantitative estimate of drug-likeness (QED) is 0.547. The minimum Gasteiger partial charge on any atom is -0.486 e. The smallest absolute Gasteiger partial charge is 0.252 e. The van der Waals surface area contributed by atoms with Gasteiger partial charge in [0, 0.05) is 5.56 Å². The van der Waals surface area contributed by atoms with Gasteiger partial charge in [0.25, 0.3) is 5.91 Å². The number of aromatic nitrogens is 3. The van der Waals surface area contributed by atoms with Crippen molar-refractivity contribution in [3.05, 3.63) is 72.3 Å². The van der Waals surface area contributed by atoms with Crippen molar-refractivity contribution in [1.82, 2.24) is 25.4 Å². The summed E-state index contributed by atoms with van der Waals surface area (Å²) in [5.74, 6) is 0.373. The fourth-order valence-electron chi connectivity index (χ4n) is 3.64. The van der Waals surface area contributed by atoms with Crippen molar-refractivity contribution >= 4 is 11.8 Å². The minimum absolute atomic E-state index is 0.131. The number of rotatable bonds is 8. The number of hydrogen-bond donors (Lipinski definition) is 2. The van der Waals surface area contributed by atoms with E-state index in [1.165, 1.54) is 6.33 Å². The lowest BCUT2D eigenvalue weighted by molar-refractivity contribution is -0.124. The van der Waals surface area contributed by atoms with E-state index in [1.54, 1.807) is 29.2 Å². The Kier molecular flexibility index (Phi) is 6.87. The first-order valence-electron chi connectivity index (χ1n) is 10.9. The molecule has 172 valence electrons. The van der Waals surface area contributed by atoms with Gasteiger partial charge < -0.3 is 20.1 Å². The molecule has 0 bridgehead atoms. The van der Waals surface area contributed by atoms with E-state index in [0.717, 1.165) is 5.56 Å². The minimum atomic E-state index is -0.729. The van der Waals surface area contributed by atoms with Gasteiger partial charge in [-0.2, -0.15) is 5.10 Å². The summed E-state index contributed by atoms with van der Waals surface area (Å²) in [6.07, 6.45) is 3.06. The van der Waals surface area contributed by atoms with Crippen molar-refractivity contribution in [2.75, 3.05) is 13.2 Å². The molecule has 1 aliphatic heterocycles. The molecule has 2 aromatic carbocycles. The molecule has 0 spiro atoms. The molecule has 9 nitrogen and oxygen atoms in total. The maximum atomic E-state index is 13.3. The van der Waals surface area contributed by atoms with Crippen LogP contribution in [0.3, 0.4) is 0 Å². The molecule has 3 aromatic rings. The van der Waals surface area contributed by atoms with Crippen molar-refractivity contribution in [1.29, 1.82) is 0 Å². The maximum Gasteiger partial charge on any atom is 0.252 e. The van der Waals surface area contributed by atoms with Crippen molar-refractivity contribution in [2.24, 2.45) is 5.92 Å². The highest BCUT2D eigenvalue weighted by atomic mass is 16.6. The van der Waals surface area contributed by atoms with Crippen molar-refractivity contribution in [3.63, 3.8) is 0 Å². The highest BCUT2D eigenvalue weighted by Crippen LogP contribution is 2.30. The SMILES string of the molecule is CC(C)[C@H](NC(=O)c1ccc2c(c1)OCCO2)C(=O)N[C@@H](Cn1cncn1)c1ccccc1. The summed E-state index contributed by atoms with van der Waals surface area (Å²) in [4.78, 5) is 30.2. The third-order valence-electron chi connectivity index (χ3n) is 5.39. The molecule has 0 fully saturated rings. The predicted octanol–water partition coefficient (Wildman–Crippen LogP) is 2.36. The number of ether oxygens (including phenoxy) is 2. The monoisotopic (exact) mass is 449 g/mol. The van der Waals surface area contributed by atoms with Gasteiger partial charge in [-0.25, -0.2) is 4.98 Å². The van der Waals surface area contributed by atoms with Crippen LogP contribution in [0.4, 0.5) is 0 Å². The van der Waals surface area contributed by atoms with Crippen LogP contribution >= 0.6 is 0 Å². The molecular formula is C24H27N5O4. The van der Waals surface area contributed by atoms with Crippen LogP contribution < -0.4 is 20.1 Å². The Balaban J connectivity index is 1.49. The van der Waals surface area contributed by atoms with Gasteiger partial charge in [0.1, 0.15) is 31.9 Å². The summed E-state index contributed by atoms with van der Waals surface area (Å²) in [5, 5.41) is 10.1. The molecule has 2 heterocycles. The van der Waals surface area contributed by atoms with Crippen LogP contribution in [-0.2, 0) is 11.3 Å². The van der Waals surface area contributed by atoms with Crippen LogP contribution in [0.5, 0.6) is 11.5 Å². The molecule has 33 heavy (non-hydrogen) atoms. The molecule has 2 atom stereocenters. The molecule has 0 radical (unpaired) electrons. The number of amides is 2. The number of carbonyl (C=O) groups is 2. The fourth-order valence-corrected chi connectivity index (χ4v) is 3.64. The van der Waals surface area contributed by atoms with Gasteiger partial charge in [0.15, 0.2) is 11.5 Å². The zero-order chi connectivity index (χ0) is 23.2. The second-order valence-electron chi connectivity index (χ2n) is 8.14. The number of hydrogen-bond acceptors (Lipinski definition) is 6. The average Bonchev–Trinajstić information content (AvgIpc) is 3.35. The van der Waals surface area contributed by atoms with E-state index in [-0.39, 0.29) is 23.8 Å². The molecule has 1 aromatic heterocycles. The summed E-state index contributed by atoms with van der Waals surface area (Å²) in [7, 11) is 0. The van der Waals surface area contributed by atoms with Crippen molar-refractivity contribution < 1.29 is 19.1 Å². The maximum absolute atomic E-state index is 13.3. The topological polar surface area (TPSA) is 107 Å². The highest BCUT2D eigenvalue weighted by molar-refractivity contribution is 5.98. The Morgan fingerprint density at radius 3 is 2.48 bits per heavy atom. The zero-order valence-corrected chi connectivity index (χ0v) is 18.6. The van der Waals surface area contributed by atoms with E-state index < -0.39 is 6.04 Å². The lowest BCUT2D eigenvalue weighted by Gasteiger charge is -2.26. The van der Waals surface area contributed by atoms with Gasteiger partial charge in [0.2, 0.25) is 5.91 Å². The molecule has 0 unspecified atom stereocenters. The van der Waals surface area contributed by atoms with Crippen LogP contribution in [0.1, 0.15) is 35.8 Å². The van der Waals surface area contributed by atoms with E-state index in [4.69, 9.17) is 9.47 Å². The van der Waals surface area contributed by atoms with Crippen LogP contribution in [0, 0.1) is 5.92 Å². The molecule has 9 heteroatoms. The Hall–Kier alpha value is -3.88. The van der Waals surface area contributed by atoms with E-state index in [9.17, 15) is 9.59 Å². The van der Waals surface area contributed by atoms with Crippen LogP contribution in [0.25, 0.3) is 0 Å². The van der Waals surface area contributed by atoms with E-state index in [1.807, 2.05) is 44.2 Å². The van der Waals surface area contributed by atoms with Crippen LogP contribution in [0.15, 0.2) is 61.2 Å². The molecule has 4 rings (SSSR count). The van der Waals surface area contributed by atoms with Crippen LogP contribution in [-0.4, -0.2) is 45.8 Å². The Morgan fingerprint density at radius 1 is 1.03 bits per heavy atom. The zero-order valence-electron chi connectivity index (χ0n) is 18.6. The van der Waals surface area contributed by atoms with Crippen molar-refractivity contribution in [2.45, 2.75) is 32.5 Å². The first-order chi connectivity index (χ1) is 16.0. The summed E-state index contributed by atoms with van der Waals surface area (Å²) in [5.41, 5.74) is 1.34. The number of benzene rings is 2. The van der Waals surface area contributed by atoms with E-state index in [0.29, 0.717) is 36.8 Å². The lowest BCUT2D eigenvalue weighted by Crippen LogP contribution is -2.50. The number of nitrogens with zero attached hydrogens (tertiary/aromatic N) is 3. The van der Waals surface area contributed by atoms with Gasteiger partial charge in [-0.15, -0.1) is 0 Å². The van der Waals surface area contributed by atoms with Gasteiger partial charge in [-0.1, -0.05) is 44.2 Å². The number of carbonyl (C=O) groups excluding carboxylic acids is 2. The van der Waals surface area contributed by atoms with Gasteiger partial charge in [-0.05, 0) is 29.7 Å². The third-order valence-corrected chi connectivity index (χ3v) is 5.39.